The maximum atomic E-state index is 12.5. The molecular formula is C17H30N2O. The molecule has 2 aliphatic carbocycles. The summed E-state index contributed by atoms with van der Waals surface area (Å²) in [6.07, 6.45) is 12.9. The van der Waals surface area contributed by atoms with E-state index in [4.69, 9.17) is 0 Å². The molecule has 0 aromatic rings. The van der Waals surface area contributed by atoms with Crippen molar-refractivity contribution in [2.75, 3.05) is 0 Å². The van der Waals surface area contributed by atoms with E-state index in [1.54, 1.807) is 0 Å². The Hall–Kier alpha value is -0.570. The molecule has 1 heterocycles. The Morgan fingerprint density at radius 1 is 1.00 bits per heavy atom. The monoisotopic (exact) mass is 278 g/mol. The molecule has 3 fully saturated rings. The van der Waals surface area contributed by atoms with Gasteiger partial charge in [-0.25, -0.2) is 0 Å². The fraction of sp³-hybridized carbons (Fsp3) is 0.941. The van der Waals surface area contributed by atoms with Crippen LogP contribution in [0, 0.1) is 11.8 Å². The molecule has 1 amide bonds. The van der Waals surface area contributed by atoms with E-state index >= 15 is 0 Å². The van der Waals surface area contributed by atoms with Crippen LogP contribution in [-0.2, 0) is 4.79 Å². The van der Waals surface area contributed by atoms with Crippen LogP contribution < -0.4 is 10.6 Å². The summed E-state index contributed by atoms with van der Waals surface area (Å²) in [6.45, 7) is 2.19. The van der Waals surface area contributed by atoms with E-state index in [2.05, 4.69) is 17.6 Å². The quantitative estimate of drug-likeness (QED) is 0.833. The fourth-order valence-corrected chi connectivity index (χ4v) is 4.60. The maximum Gasteiger partial charge on any atom is 0.237 e. The minimum atomic E-state index is 0.0678. The van der Waals surface area contributed by atoms with Gasteiger partial charge in [-0.05, 0) is 57.3 Å². The van der Waals surface area contributed by atoms with Crippen LogP contribution in [0.15, 0.2) is 0 Å². The van der Waals surface area contributed by atoms with Crippen LogP contribution in [0.5, 0.6) is 0 Å². The molecule has 4 atom stereocenters. The predicted molar refractivity (Wildman–Crippen MR) is 81.5 cm³/mol. The molecule has 1 aliphatic heterocycles. The van der Waals surface area contributed by atoms with Gasteiger partial charge < -0.3 is 10.6 Å². The first-order valence-corrected chi connectivity index (χ1v) is 8.80. The lowest BCUT2D eigenvalue weighted by Gasteiger charge is -2.40. The molecule has 0 aromatic carbocycles. The van der Waals surface area contributed by atoms with Gasteiger partial charge in [0.15, 0.2) is 0 Å². The lowest BCUT2D eigenvalue weighted by molar-refractivity contribution is -0.125. The molecule has 114 valence electrons. The Bertz CT molecular complexity index is 338. The Morgan fingerprint density at radius 3 is 2.50 bits per heavy atom. The molecular weight excluding hydrogens is 248 g/mol. The number of fused-ring (bicyclic) bond motifs is 1. The molecule has 3 unspecified atom stereocenters. The van der Waals surface area contributed by atoms with Gasteiger partial charge in [0.25, 0.3) is 0 Å². The Labute approximate surface area is 123 Å². The number of piperidine rings is 1. The van der Waals surface area contributed by atoms with Gasteiger partial charge in [0.2, 0.25) is 5.91 Å². The average Bonchev–Trinajstić information content (AvgIpc) is 3.01. The van der Waals surface area contributed by atoms with E-state index in [-0.39, 0.29) is 11.9 Å². The minimum Gasteiger partial charge on any atom is -0.352 e. The van der Waals surface area contributed by atoms with E-state index in [0.29, 0.717) is 18.0 Å². The van der Waals surface area contributed by atoms with Crippen LogP contribution in [0.25, 0.3) is 0 Å². The van der Waals surface area contributed by atoms with Crippen molar-refractivity contribution in [3.8, 4) is 0 Å². The summed E-state index contributed by atoms with van der Waals surface area (Å²) in [5.41, 5.74) is 0. The largest absolute Gasteiger partial charge is 0.352 e. The summed E-state index contributed by atoms with van der Waals surface area (Å²) in [5.74, 6) is 1.80. The van der Waals surface area contributed by atoms with E-state index in [1.165, 1.54) is 57.8 Å². The third kappa shape index (κ3) is 3.19. The fourth-order valence-electron chi connectivity index (χ4n) is 4.60. The summed E-state index contributed by atoms with van der Waals surface area (Å²) >= 11 is 0. The molecule has 3 rings (SSSR count). The van der Waals surface area contributed by atoms with Crippen molar-refractivity contribution < 1.29 is 4.79 Å². The van der Waals surface area contributed by atoms with E-state index in [0.717, 1.165) is 12.3 Å². The zero-order valence-electron chi connectivity index (χ0n) is 12.9. The normalized spacial score (nSPS) is 36.4. The van der Waals surface area contributed by atoms with Crippen molar-refractivity contribution >= 4 is 5.91 Å². The molecule has 0 bridgehead atoms. The number of nitrogens with one attached hydrogen (secondary N) is 2. The SMILES string of the molecule is C[C@H](NC(=O)C1CCC2CCCCC2N1)C1CCCC1. The first-order chi connectivity index (χ1) is 9.74. The second kappa shape index (κ2) is 6.46. The highest BCUT2D eigenvalue weighted by molar-refractivity contribution is 5.82. The summed E-state index contributed by atoms with van der Waals surface area (Å²) in [5, 5.41) is 6.92. The lowest BCUT2D eigenvalue weighted by atomic mass is 9.77. The molecule has 0 spiro atoms. The minimum absolute atomic E-state index is 0.0678. The Morgan fingerprint density at radius 2 is 1.70 bits per heavy atom. The lowest BCUT2D eigenvalue weighted by Crippen LogP contribution is -2.56. The van der Waals surface area contributed by atoms with Gasteiger partial charge in [0.1, 0.15) is 0 Å². The molecule has 3 nitrogen and oxygen atoms in total. The van der Waals surface area contributed by atoms with Crippen LogP contribution in [0.1, 0.15) is 71.1 Å². The van der Waals surface area contributed by atoms with Crippen LogP contribution in [0.3, 0.4) is 0 Å². The van der Waals surface area contributed by atoms with Crippen LogP contribution in [-0.4, -0.2) is 24.0 Å². The first-order valence-electron chi connectivity index (χ1n) is 8.80. The van der Waals surface area contributed by atoms with Crippen LogP contribution in [0.4, 0.5) is 0 Å². The van der Waals surface area contributed by atoms with Gasteiger partial charge in [0.05, 0.1) is 6.04 Å². The zero-order chi connectivity index (χ0) is 13.9. The zero-order valence-corrected chi connectivity index (χ0v) is 12.9. The highest BCUT2D eigenvalue weighted by Crippen LogP contribution is 2.32. The second-order valence-electron chi connectivity index (χ2n) is 7.29. The van der Waals surface area contributed by atoms with Gasteiger partial charge in [-0.2, -0.15) is 0 Å². The van der Waals surface area contributed by atoms with E-state index < -0.39 is 0 Å². The number of carbonyl (C=O) groups is 1. The number of amides is 1. The van der Waals surface area contributed by atoms with Crippen molar-refractivity contribution in [3.63, 3.8) is 0 Å². The van der Waals surface area contributed by atoms with Gasteiger partial charge >= 0.3 is 0 Å². The molecule has 2 N–H and O–H groups in total. The Kier molecular flexibility index (Phi) is 4.65. The molecule has 3 aliphatic rings. The number of hydrogen-bond acceptors (Lipinski definition) is 2. The number of carbonyl (C=O) groups excluding carboxylic acids is 1. The van der Waals surface area contributed by atoms with E-state index in [1.807, 2.05) is 0 Å². The topological polar surface area (TPSA) is 41.1 Å². The molecule has 20 heavy (non-hydrogen) atoms. The first kappa shape index (κ1) is 14.4. The number of rotatable bonds is 3. The van der Waals surface area contributed by atoms with Gasteiger partial charge in [0, 0.05) is 12.1 Å². The molecule has 3 heteroatoms. The molecule has 2 saturated carbocycles. The summed E-state index contributed by atoms with van der Waals surface area (Å²) in [7, 11) is 0. The van der Waals surface area contributed by atoms with Crippen molar-refractivity contribution in [3.05, 3.63) is 0 Å². The second-order valence-corrected chi connectivity index (χ2v) is 7.29. The molecule has 1 saturated heterocycles. The average molecular weight is 278 g/mol. The highest BCUT2D eigenvalue weighted by Gasteiger charge is 2.35. The maximum absolute atomic E-state index is 12.5. The van der Waals surface area contributed by atoms with Gasteiger partial charge in [-0.1, -0.05) is 25.7 Å². The smallest absolute Gasteiger partial charge is 0.237 e. The van der Waals surface area contributed by atoms with Crippen molar-refractivity contribution in [2.45, 2.75) is 89.3 Å². The predicted octanol–water partition coefficient (Wildman–Crippen LogP) is 2.99. The third-order valence-corrected chi connectivity index (χ3v) is 5.94. The molecule has 0 radical (unpaired) electrons. The van der Waals surface area contributed by atoms with Crippen molar-refractivity contribution in [1.29, 1.82) is 0 Å². The standard InChI is InChI=1S/C17H30N2O/c1-12(13-6-2-3-7-13)18-17(20)16-11-10-14-8-4-5-9-15(14)19-16/h12-16,19H,2-11H2,1H3,(H,18,20)/t12-,14?,15?,16?/m0/s1. The van der Waals surface area contributed by atoms with Crippen LogP contribution >= 0.6 is 0 Å². The summed E-state index contributed by atoms with van der Waals surface area (Å²) < 4.78 is 0. The van der Waals surface area contributed by atoms with Crippen molar-refractivity contribution in [2.24, 2.45) is 11.8 Å². The van der Waals surface area contributed by atoms with Crippen LogP contribution in [0.2, 0.25) is 0 Å². The highest BCUT2D eigenvalue weighted by atomic mass is 16.2. The Balaban J connectivity index is 1.49. The molecule has 0 aromatic heterocycles. The third-order valence-electron chi connectivity index (χ3n) is 5.94. The number of hydrogen-bond donors (Lipinski definition) is 2. The summed E-state index contributed by atoms with van der Waals surface area (Å²) in [6, 6.07) is 1.03. The van der Waals surface area contributed by atoms with Gasteiger partial charge in [-0.3, -0.25) is 4.79 Å². The van der Waals surface area contributed by atoms with E-state index in [9.17, 15) is 4.79 Å². The van der Waals surface area contributed by atoms with Crippen molar-refractivity contribution in [1.82, 2.24) is 10.6 Å². The van der Waals surface area contributed by atoms with Gasteiger partial charge in [-0.15, -0.1) is 0 Å². The summed E-state index contributed by atoms with van der Waals surface area (Å²) in [4.78, 5) is 12.5.